The van der Waals surface area contributed by atoms with Crippen molar-refractivity contribution in [3.8, 4) is 0 Å². The molecule has 0 unspecified atom stereocenters. The minimum absolute atomic E-state index is 0.313. The molecular weight excluding hydrogens is 256 g/mol. The topological polar surface area (TPSA) is 32.9 Å². The number of aromatic nitrogens is 1. The number of H-pyrrole nitrogens is 1. The number of benzene rings is 1. The molecule has 1 heterocycles. The first-order valence-electron chi connectivity index (χ1n) is 4.18. The van der Waals surface area contributed by atoms with Gasteiger partial charge in [0, 0.05) is 27.7 Å². The van der Waals surface area contributed by atoms with Gasteiger partial charge < -0.3 is 4.98 Å². The molecular formula is C10H6Cl3NO. The molecule has 5 heteroatoms. The normalized spacial score (nSPS) is 11.2. The summed E-state index contributed by atoms with van der Waals surface area (Å²) in [5, 5.41) is 1.38. The van der Waals surface area contributed by atoms with E-state index in [-0.39, 0.29) is 5.78 Å². The highest BCUT2D eigenvalue weighted by Crippen LogP contribution is 2.24. The van der Waals surface area contributed by atoms with Crippen LogP contribution in [0.25, 0.3) is 10.9 Å². The first kappa shape index (κ1) is 10.8. The van der Waals surface area contributed by atoms with E-state index < -0.39 is 4.84 Å². The lowest BCUT2D eigenvalue weighted by Gasteiger charge is -1.98. The van der Waals surface area contributed by atoms with E-state index in [1.165, 1.54) is 0 Å². The Morgan fingerprint density at radius 2 is 2.07 bits per heavy atom. The van der Waals surface area contributed by atoms with Gasteiger partial charge >= 0.3 is 0 Å². The highest BCUT2D eigenvalue weighted by molar-refractivity contribution is 6.55. The van der Waals surface area contributed by atoms with E-state index in [1.807, 2.05) is 0 Å². The van der Waals surface area contributed by atoms with Gasteiger partial charge in [0.2, 0.25) is 0 Å². The van der Waals surface area contributed by atoms with Gasteiger partial charge in [-0.05, 0) is 12.1 Å². The molecule has 2 rings (SSSR count). The molecule has 0 fully saturated rings. The molecule has 1 N–H and O–H groups in total. The van der Waals surface area contributed by atoms with Crippen molar-refractivity contribution in [2.24, 2.45) is 0 Å². The Morgan fingerprint density at radius 3 is 2.73 bits per heavy atom. The third kappa shape index (κ3) is 1.98. The molecule has 0 saturated heterocycles. The summed E-state index contributed by atoms with van der Waals surface area (Å²) >= 11 is 16.9. The lowest BCUT2D eigenvalue weighted by atomic mass is 10.1. The van der Waals surface area contributed by atoms with Crippen molar-refractivity contribution in [2.75, 3.05) is 0 Å². The molecule has 0 atom stereocenters. The summed E-state index contributed by atoms with van der Waals surface area (Å²) in [5.41, 5.74) is 1.27. The van der Waals surface area contributed by atoms with E-state index in [4.69, 9.17) is 34.8 Å². The number of hydrogen-bond donors (Lipinski definition) is 1. The lowest BCUT2D eigenvalue weighted by molar-refractivity contribution is 0.101. The fourth-order valence-corrected chi connectivity index (χ4v) is 1.83. The Morgan fingerprint density at radius 1 is 1.33 bits per heavy atom. The van der Waals surface area contributed by atoms with Gasteiger partial charge in [-0.1, -0.05) is 40.9 Å². The van der Waals surface area contributed by atoms with Crippen LogP contribution in [0.5, 0.6) is 0 Å². The zero-order chi connectivity index (χ0) is 11.0. The number of fused-ring (bicyclic) bond motifs is 1. The van der Waals surface area contributed by atoms with Crippen molar-refractivity contribution in [1.82, 2.24) is 4.98 Å². The standard InChI is InChI=1S/C10H6Cl3NO/c11-5-1-2-6-7(9(15)10(12)13)4-14-8(6)3-5/h1-4,10,14H. The van der Waals surface area contributed by atoms with Gasteiger partial charge in [0.1, 0.15) is 0 Å². The van der Waals surface area contributed by atoms with Crippen LogP contribution >= 0.6 is 34.8 Å². The highest BCUT2D eigenvalue weighted by atomic mass is 35.5. The monoisotopic (exact) mass is 261 g/mol. The van der Waals surface area contributed by atoms with E-state index >= 15 is 0 Å². The van der Waals surface area contributed by atoms with Gasteiger partial charge in [0.05, 0.1) is 0 Å². The number of rotatable bonds is 2. The van der Waals surface area contributed by atoms with Crippen LogP contribution in [-0.2, 0) is 0 Å². The summed E-state index contributed by atoms with van der Waals surface area (Å²) in [5.74, 6) is -0.313. The largest absolute Gasteiger partial charge is 0.360 e. The average molecular weight is 263 g/mol. The molecule has 1 aromatic carbocycles. The fourth-order valence-electron chi connectivity index (χ4n) is 1.42. The quantitative estimate of drug-likeness (QED) is 0.648. The van der Waals surface area contributed by atoms with Gasteiger partial charge in [-0.3, -0.25) is 4.79 Å². The molecule has 0 aliphatic heterocycles. The van der Waals surface area contributed by atoms with Crippen LogP contribution in [-0.4, -0.2) is 15.6 Å². The minimum Gasteiger partial charge on any atom is -0.360 e. The smallest absolute Gasteiger partial charge is 0.197 e. The first-order valence-corrected chi connectivity index (χ1v) is 5.43. The molecule has 2 nitrogen and oxygen atoms in total. The summed E-state index contributed by atoms with van der Waals surface area (Å²) in [6.07, 6.45) is 1.58. The number of halogens is 3. The second-order valence-electron chi connectivity index (χ2n) is 3.06. The Kier molecular flexibility index (Phi) is 2.91. The Labute approximate surface area is 101 Å². The molecule has 15 heavy (non-hydrogen) atoms. The summed E-state index contributed by atoms with van der Waals surface area (Å²) in [6, 6.07) is 5.22. The Balaban J connectivity index is 2.59. The van der Waals surface area contributed by atoms with Crippen LogP contribution in [0.3, 0.4) is 0 Å². The predicted molar refractivity (Wildman–Crippen MR) is 63.1 cm³/mol. The van der Waals surface area contributed by atoms with Gasteiger partial charge in [0.25, 0.3) is 0 Å². The third-order valence-electron chi connectivity index (χ3n) is 2.11. The maximum absolute atomic E-state index is 11.6. The van der Waals surface area contributed by atoms with Gasteiger partial charge in [-0.15, -0.1) is 0 Å². The first-order chi connectivity index (χ1) is 7.09. The zero-order valence-electron chi connectivity index (χ0n) is 7.43. The van der Waals surface area contributed by atoms with Crippen molar-refractivity contribution in [2.45, 2.75) is 4.84 Å². The van der Waals surface area contributed by atoms with Crippen molar-refractivity contribution in [3.05, 3.63) is 35.0 Å². The number of carbonyl (C=O) groups excluding carboxylic acids is 1. The van der Waals surface area contributed by atoms with E-state index in [1.54, 1.807) is 24.4 Å². The molecule has 78 valence electrons. The number of ketones is 1. The van der Waals surface area contributed by atoms with Crippen LogP contribution in [0.1, 0.15) is 10.4 Å². The molecule has 0 aliphatic carbocycles. The van der Waals surface area contributed by atoms with Crippen LogP contribution < -0.4 is 0 Å². The predicted octanol–water partition coefficient (Wildman–Crippen LogP) is 3.81. The van der Waals surface area contributed by atoms with E-state index in [0.717, 1.165) is 10.9 Å². The van der Waals surface area contributed by atoms with Crippen molar-refractivity contribution in [3.63, 3.8) is 0 Å². The Bertz CT molecular complexity index is 518. The molecule has 0 bridgehead atoms. The zero-order valence-corrected chi connectivity index (χ0v) is 9.70. The summed E-state index contributed by atoms with van der Waals surface area (Å²) < 4.78 is 0. The molecule has 0 amide bonds. The molecule has 0 aliphatic rings. The molecule has 2 aromatic rings. The van der Waals surface area contributed by atoms with E-state index in [9.17, 15) is 4.79 Å². The minimum atomic E-state index is -1.04. The summed E-state index contributed by atoms with van der Waals surface area (Å²) in [6.45, 7) is 0. The third-order valence-corrected chi connectivity index (χ3v) is 2.74. The fraction of sp³-hybridized carbons (Fsp3) is 0.100. The second-order valence-corrected chi connectivity index (χ2v) is 4.59. The van der Waals surface area contributed by atoms with Crippen LogP contribution in [0.15, 0.2) is 24.4 Å². The number of aromatic amines is 1. The molecule has 0 saturated carbocycles. The van der Waals surface area contributed by atoms with Crippen LogP contribution in [0.4, 0.5) is 0 Å². The number of nitrogens with one attached hydrogen (secondary N) is 1. The average Bonchev–Trinajstić information content (AvgIpc) is 2.59. The maximum Gasteiger partial charge on any atom is 0.197 e. The van der Waals surface area contributed by atoms with E-state index in [0.29, 0.717) is 10.6 Å². The van der Waals surface area contributed by atoms with Crippen molar-refractivity contribution in [1.29, 1.82) is 0 Å². The van der Waals surface area contributed by atoms with E-state index in [2.05, 4.69) is 4.98 Å². The summed E-state index contributed by atoms with van der Waals surface area (Å²) in [4.78, 5) is 13.5. The van der Waals surface area contributed by atoms with Crippen molar-refractivity contribution >= 4 is 51.5 Å². The van der Waals surface area contributed by atoms with Gasteiger partial charge in [0.15, 0.2) is 10.6 Å². The number of alkyl halides is 2. The summed E-state index contributed by atoms with van der Waals surface area (Å²) in [7, 11) is 0. The lowest BCUT2D eigenvalue weighted by Crippen LogP contribution is -2.06. The van der Waals surface area contributed by atoms with Crippen LogP contribution in [0.2, 0.25) is 5.02 Å². The SMILES string of the molecule is O=C(c1c[nH]c2cc(Cl)ccc12)C(Cl)Cl. The number of Topliss-reactive ketones (excluding diaryl/α,β-unsaturated/α-hetero) is 1. The highest BCUT2D eigenvalue weighted by Gasteiger charge is 2.18. The second kappa shape index (κ2) is 4.05. The van der Waals surface area contributed by atoms with Gasteiger partial charge in [-0.2, -0.15) is 0 Å². The Hall–Kier alpha value is -0.700. The van der Waals surface area contributed by atoms with Crippen LogP contribution in [0, 0.1) is 0 Å². The molecule has 0 radical (unpaired) electrons. The van der Waals surface area contributed by atoms with Crippen molar-refractivity contribution < 1.29 is 4.79 Å². The maximum atomic E-state index is 11.6. The molecule has 1 aromatic heterocycles. The number of carbonyl (C=O) groups is 1. The molecule has 0 spiro atoms. The van der Waals surface area contributed by atoms with Gasteiger partial charge in [-0.25, -0.2) is 0 Å². The number of hydrogen-bond acceptors (Lipinski definition) is 1.